The molecule has 2 amide bonds. The number of nitrogens with zero attached hydrogens (tertiary/aromatic N) is 2. The van der Waals surface area contributed by atoms with Crippen LogP contribution in [0.15, 0.2) is 60.7 Å². The average Bonchev–Trinajstić information content (AvgIpc) is 2.72. The molecule has 1 heterocycles. The highest BCUT2D eigenvalue weighted by atomic mass is 16.2. The van der Waals surface area contributed by atoms with E-state index in [0.29, 0.717) is 0 Å². The Morgan fingerprint density at radius 3 is 2.10 bits per heavy atom. The lowest BCUT2D eigenvalue weighted by atomic mass is 9.94. The predicted octanol–water partition coefficient (Wildman–Crippen LogP) is 4.03. The van der Waals surface area contributed by atoms with Gasteiger partial charge in [-0.3, -0.25) is 9.59 Å². The first-order valence-electron chi connectivity index (χ1n) is 10.0. The molecule has 1 N–H and O–H groups in total. The van der Waals surface area contributed by atoms with Gasteiger partial charge in [0, 0.05) is 49.0 Å². The first-order valence-corrected chi connectivity index (χ1v) is 10.0. The van der Waals surface area contributed by atoms with Crippen LogP contribution in [0.3, 0.4) is 0 Å². The molecule has 0 saturated carbocycles. The van der Waals surface area contributed by atoms with Crippen LogP contribution in [0.5, 0.6) is 0 Å². The molecule has 0 atom stereocenters. The highest BCUT2D eigenvalue weighted by molar-refractivity contribution is 6.02. The Bertz CT molecular complexity index is 859. The molecule has 1 aliphatic rings. The van der Waals surface area contributed by atoms with E-state index in [4.69, 9.17) is 0 Å². The Morgan fingerprint density at radius 2 is 1.52 bits per heavy atom. The largest absolute Gasteiger partial charge is 0.368 e. The maximum atomic E-state index is 12.4. The van der Waals surface area contributed by atoms with Crippen molar-refractivity contribution in [2.45, 2.75) is 20.8 Å². The Kier molecular flexibility index (Phi) is 6.37. The van der Waals surface area contributed by atoms with Gasteiger partial charge in [0.25, 0.3) is 0 Å². The monoisotopic (exact) mass is 391 g/mol. The van der Waals surface area contributed by atoms with Crippen LogP contribution in [0.25, 0.3) is 6.08 Å². The van der Waals surface area contributed by atoms with E-state index < -0.39 is 0 Å². The Labute approximate surface area is 173 Å². The van der Waals surface area contributed by atoms with Crippen molar-refractivity contribution in [2.24, 2.45) is 5.41 Å². The summed E-state index contributed by atoms with van der Waals surface area (Å²) in [5, 5.41) is 2.88. The van der Waals surface area contributed by atoms with E-state index in [9.17, 15) is 9.59 Å². The molecular weight excluding hydrogens is 362 g/mol. The molecule has 0 bridgehead atoms. The lowest BCUT2D eigenvalue weighted by Gasteiger charge is -2.38. The minimum atomic E-state index is -0.336. The van der Waals surface area contributed by atoms with Gasteiger partial charge >= 0.3 is 0 Å². The van der Waals surface area contributed by atoms with Gasteiger partial charge in [-0.1, -0.05) is 51.1 Å². The SMILES string of the molecule is CC(C)(C)C(=O)N1CCN(c2ccc(NC(=O)/C=C/c3ccccc3)cc2)CC1. The molecule has 2 aromatic rings. The van der Waals surface area contributed by atoms with E-state index in [2.05, 4.69) is 10.2 Å². The smallest absolute Gasteiger partial charge is 0.248 e. The minimum Gasteiger partial charge on any atom is -0.368 e. The third-order valence-electron chi connectivity index (χ3n) is 4.94. The van der Waals surface area contributed by atoms with Crippen molar-refractivity contribution >= 4 is 29.3 Å². The molecular formula is C24H29N3O2. The molecule has 0 aliphatic carbocycles. The molecule has 2 aromatic carbocycles. The lowest BCUT2D eigenvalue weighted by molar-refractivity contribution is -0.139. The topological polar surface area (TPSA) is 52.7 Å². The first-order chi connectivity index (χ1) is 13.8. The second-order valence-electron chi connectivity index (χ2n) is 8.31. The molecule has 0 radical (unpaired) electrons. The fourth-order valence-corrected chi connectivity index (χ4v) is 3.32. The Morgan fingerprint density at radius 1 is 0.897 bits per heavy atom. The van der Waals surface area contributed by atoms with Gasteiger partial charge in [-0.2, -0.15) is 0 Å². The summed E-state index contributed by atoms with van der Waals surface area (Å²) >= 11 is 0. The molecule has 5 heteroatoms. The summed E-state index contributed by atoms with van der Waals surface area (Å²) in [5.41, 5.74) is 2.52. The highest BCUT2D eigenvalue weighted by Crippen LogP contribution is 2.22. The summed E-state index contributed by atoms with van der Waals surface area (Å²) in [7, 11) is 0. The van der Waals surface area contributed by atoms with Crippen molar-refractivity contribution in [3.05, 3.63) is 66.2 Å². The molecule has 3 rings (SSSR count). The Balaban J connectivity index is 1.52. The molecule has 0 spiro atoms. The average molecular weight is 392 g/mol. The van der Waals surface area contributed by atoms with Crippen molar-refractivity contribution in [1.29, 1.82) is 0 Å². The van der Waals surface area contributed by atoms with Crippen LogP contribution in [-0.4, -0.2) is 42.9 Å². The summed E-state index contributed by atoms with van der Waals surface area (Å²) in [6, 6.07) is 17.6. The summed E-state index contributed by atoms with van der Waals surface area (Å²) in [6.45, 7) is 8.98. The zero-order valence-corrected chi connectivity index (χ0v) is 17.4. The number of rotatable bonds is 4. The Hall–Kier alpha value is -3.08. The van der Waals surface area contributed by atoms with Gasteiger partial charge in [-0.05, 0) is 35.9 Å². The maximum Gasteiger partial charge on any atom is 0.248 e. The number of hydrogen-bond acceptors (Lipinski definition) is 3. The summed E-state index contributed by atoms with van der Waals surface area (Å²) in [6.07, 6.45) is 3.33. The third-order valence-corrected chi connectivity index (χ3v) is 4.94. The number of carbonyl (C=O) groups excluding carboxylic acids is 2. The molecule has 1 fully saturated rings. The number of anilines is 2. The third kappa shape index (κ3) is 5.70. The van der Waals surface area contributed by atoms with Gasteiger partial charge in [0.05, 0.1) is 0 Å². The predicted molar refractivity (Wildman–Crippen MR) is 119 cm³/mol. The summed E-state index contributed by atoms with van der Waals surface area (Å²) in [5.74, 6) is 0.0506. The van der Waals surface area contributed by atoms with Crippen LogP contribution in [0, 0.1) is 5.41 Å². The van der Waals surface area contributed by atoms with Crippen molar-refractivity contribution in [1.82, 2.24) is 4.90 Å². The minimum absolute atomic E-state index is 0.157. The van der Waals surface area contributed by atoms with Gasteiger partial charge in [-0.25, -0.2) is 0 Å². The van der Waals surface area contributed by atoms with E-state index >= 15 is 0 Å². The van der Waals surface area contributed by atoms with Crippen LogP contribution in [0.4, 0.5) is 11.4 Å². The lowest BCUT2D eigenvalue weighted by Crippen LogP contribution is -2.51. The van der Waals surface area contributed by atoms with Crippen molar-refractivity contribution in [2.75, 3.05) is 36.4 Å². The van der Waals surface area contributed by atoms with Crippen molar-refractivity contribution in [3.8, 4) is 0 Å². The molecule has 5 nitrogen and oxygen atoms in total. The van der Waals surface area contributed by atoms with E-state index in [1.165, 1.54) is 6.08 Å². The molecule has 152 valence electrons. The number of amides is 2. The zero-order chi connectivity index (χ0) is 20.9. The molecule has 0 aromatic heterocycles. The quantitative estimate of drug-likeness (QED) is 0.801. The zero-order valence-electron chi connectivity index (χ0n) is 17.4. The van der Waals surface area contributed by atoms with Crippen LogP contribution in [0.1, 0.15) is 26.3 Å². The molecule has 29 heavy (non-hydrogen) atoms. The van der Waals surface area contributed by atoms with E-state index in [1.807, 2.05) is 80.3 Å². The number of nitrogens with one attached hydrogen (secondary N) is 1. The second kappa shape index (κ2) is 8.95. The van der Waals surface area contributed by atoms with Gasteiger partial charge in [0.2, 0.25) is 11.8 Å². The van der Waals surface area contributed by atoms with Gasteiger partial charge in [-0.15, -0.1) is 0 Å². The summed E-state index contributed by atoms with van der Waals surface area (Å²) < 4.78 is 0. The van der Waals surface area contributed by atoms with Crippen LogP contribution in [0.2, 0.25) is 0 Å². The van der Waals surface area contributed by atoms with Crippen LogP contribution >= 0.6 is 0 Å². The van der Waals surface area contributed by atoms with E-state index in [1.54, 1.807) is 6.08 Å². The molecule has 0 unspecified atom stereocenters. The number of benzene rings is 2. The van der Waals surface area contributed by atoms with Crippen molar-refractivity contribution in [3.63, 3.8) is 0 Å². The number of piperazine rings is 1. The molecule has 1 saturated heterocycles. The fourth-order valence-electron chi connectivity index (χ4n) is 3.32. The fraction of sp³-hybridized carbons (Fsp3) is 0.333. The van der Waals surface area contributed by atoms with Gasteiger partial charge < -0.3 is 15.1 Å². The summed E-state index contributed by atoms with van der Waals surface area (Å²) in [4.78, 5) is 28.7. The van der Waals surface area contributed by atoms with Crippen LogP contribution < -0.4 is 10.2 Å². The second-order valence-corrected chi connectivity index (χ2v) is 8.31. The molecule has 1 aliphatic heterocycles. The van der Waals surface area contributed by atoms with E-state index in [-0.39, 0.29) is 17.2 Å². The van der Waals surface area contributed by atoms with E-state index in [0.717, 1.165) is 43.1 Å². The maximum absolute atomic E-state index is 12.4. The first kappa shape index (κ1) is 20.6. The number of carbonyl (C=O) groups is 2. The van der Waals surface area contributed by atoms with Gasteiger partial charge in [0.15, 0.2) is 0 Å². The van der Waals surface area contributed by atoms with Crippen LogP contribution in [-0.2, 0) is 9.59 Å². The number of hydrogen-bond donors (Lipinski definition) is 1. The normalized spacial score (nSPS) is 14.9. The van der Waals surface area contributed by atoms with Gasteiger partial charge in [0.1, 0.15) is 0 Å². The van der Waals surface area contributed by atoms with Crippen molar-refractivity contribution < 1.29 is 9.59 Å². The highest BCUT2D eigenvalue weighted by Gasteiger charge is 2.29. The standard InChI is InChI=1S/C24H29N3O2/c1-24(2,3)23(29)27-17-15-26(16-18-27)21-12-10-20(11-13-21)25-22(28)14-9-19-7-5-4-6-8-19/h4-14H,15-18H2,1-3H3,(H,25,28)/b14-9+.